The third-order valence-corrected chi connectivity index (χ3v) is 7.23. The number of nitrogen functional groups attached to an aromatic ring is 1. The van der Waals surface area contributed by atoms with Gasteiger partial charge in [-0.05, 0) is 70.2 Å². The highest BCUT2D eigenvalue weighted by molar-refractivity contribution is 14.1. The van der Waals surface area contributed by atoms with Gasteiger partial charge in [-0.1, -0.05) is 44.2 Å². The summed E-state index contributed by atoms with van der Waals surface area (Å²) in [6.45, 7) is 4.44. The molecule has 4 N–H and O–H groups in total. The standard InChI is InChI=1S/C26H30IN5O3/c1-15(2)23(31-26(34)35-3)25(33)32-12-4-5-22(32)24-29-14-21(30-24)17-8-6-16(7-9-17)19-11-10-18(28)13-20(19)27/h6-11,13-15,22-23H,4-5,12,28H2,1-3H3,(H,29,30)(H,31,34)/t22-,23-/m0/s1. The number of carbonyl (C=O) groups excluding carboxylic acids is 2. The molecule has 2 amide bonds. The first-order valence-corrected chi connectivity index (χ1v) is 12.7. The first kappa shape index (κ1) is 25.0. The molecule has 1 aromatic heterocycles. The number of hydrogen-bond acceptors (Lipinski definition) is 5. The van der Waals surface area contributed by atoms with Crippen LogP contribution in [0.25, 0.3) is 22.4 Å². The third kappa shape index (κ3) is 5.44. The quantitative estimate of drug-likeness (QED) is 0.278. The molecule has 1 fully saturated rings. The molecule has 0 radical (unpaired) electrons. The average Bonchev–Trinajstić information content (AvgIpc) is 3.52. The average molecular weight is 587 g/mol. The number of anilines is 1. The minimum Gasteiger partial charge on any atom is -0.453 e. The van der Waals surface area contributed by atoms with Crippen molar-refractivity contribution in [2.75, 3.05) is 19.4 Å². The summed E-state index contributed by atoms with van der Waals surface area (Å²) in [5.41, 5.74) is 10.8. The van der Waals surface area contributed by atoms with E-state index >= 15 is 0 Å². The minimum atomic E-state index is -0.652. The number of rotatable bonds is 6. The number of alkyl carbamates (subject to hydrolysis) is 1. The molecule has 35 heavy (non-hydrogen) atoms. The predicted molar refractivity (Wildman–Crippen MR) is 144 cm³/mol. The molecule has 2 heterocycles. The normalized spacial score (nSPS) is 16.4. The van der Waals surface area contributed by atoms with E-state index in [9.17, 15) is 9.59 Å². The van der Waals surface area contributed by atoms with Crippen molar-refractivity contribution in [3.63, 3.8) is 0 Å². The van der Waals surface area contributed by atoms with Gasteiger partial charge in [0, 0.05) is 15.8 Å². The molecule has 0 unspecified atom stereocenters. The molecular formula is C26H30IN5O3. The second-order valence-corrected chi connectivity index (χ2v) is 10.2. The van der Waals surface area contributed by atoms with E-state index in [1.165, 1.54) is 7.11 Å². The molecule has 4 rings (SSSR count). The number of likely N-dealkylation sites (tertiary alicyclic amines) is 1. The Kier molecular flexibility index (Phi) is 7.63. The Morgan fingerprint density at radius 1 is 1.20 bits per heavy atom. The fraction of sp³-hybridized carbons (Fsp3) is 0.346. The number of methoxy groups -OCH3 is 1. The smallest absolute Gasteiger partial charge is 0.407 e. The van der Waals surface area contributed by atoms with Crippen LogP contribution in [0.15, 0.2) is 48.7 Å². The molecule has 0 saturated carbocycles. The lowest BCUT2D eigenvalue weighted by Gasteiger charge is -2.30. The van der Waals surface area contributed by atoms with Crippen molar-refractivity contribution in [2.24, 2.45) is 5.92 Å². The van der Waals surface area contributed by atoms with Crippen LogP contribution < -0.4 is 11.1 Å². The van der Waals surface area contributed by atoms with Crippen LogP contribution in [-0.4, -0.2) is 46.6 Å². The molecule has 1 aliphatic heterocycles. The monoisotopic (exact) mass is 587 g/mol. The third-order valence-electron chi connectivity index (χ3n) is 6.34. The molecule has 2 atom stereocenters. The number of amides is 2. The van der Waals surface area contributed by atoms with Crippen LogP contribution in [-0.2, 0) is 9.53 Å². The molecule has 0 aliphatic carbocycles. The van der Waals surface area contributed by atoms with Crippen molar-refractivity contribution in [3.05, 3.63) is 58.1 Å². The highest BCUT2D eigenvalue weighted by atomic mass is 127. The van der Waals surface area contributed by atoms with E-state index in [4.69, 9.17) is 10.5 Å². The van der Waals surface area contributed by atoms with Gasteiger partial charge in [-0.15, -0.1) is 0 Å². The number of nitrogens with one attached hydrogen (secondary N) is 2. The van der Waals surface area contributed by atoms with Crippen molar-refractivity contribution in [2.45, 2.75) is 38.8 Å². The number of nitrogens with two attached hydrogens (primary N) is 1. The molecule has 184 valence electrons. The summed E-state index contributed by atoms with van der Waals surface area (Å²) in [7, 11) is 1.29. The Morgan fingerprint density at radius 3 is 2.57 bits per heavy atom. The SMILES string of the molecule is COC(=O)N[C@H](C(=O)N1CCC[C@H]1c1ncc(-c2ccc(-c3ccc(N)cc3I)cc2)[nH]1)C(C)C. The maximum Gasteiger partial charge on any atom is 0.407 e. The van der Waals surface area contributed by atoms with Crippen LogP contribution in [0.1, 0.15) is 38.6 Å². The van der Waals surface area contributed by atoms with Crippen LogP contribution in [0.4, 0.5) is 10.5 Å². The van der Waals surface area contributed by atoms with Gasteiger partial charge in [0.15, 0.2) is 0 Å². The zero-order valence-corrected chi connectivity index (χ0v) is 22.2. The molecule has 3 aromatic rings. The molecule has 0 spiro atoms. The Hall–Kier alpha value is -3.08. The van der Waals surface area contributed by atoms with Gasteiger partial charge >= 0.3 is 6.09 Å². The second kappa shape index (κ2) is 10.7. The molecule has 9 heteroatoms. The molecule has 2 aromatic carbocycles. The van der Waals surface area contributed by atoms with Gasteiger partial charge in [-0.2, -0.15) is 0 Å². The van der Waals surface area contributed by atoms with Crippen molar-refractivity contribution in [1.29, 1.82) is 0 Å². The predicted octanol–water partition coefficient (Wildman–Crippen LogP) is 4.97. The topological polar surface area (TPSA) is 113 Å². The molecule has 1 saturated heterocycles. The zero-order chi connectivity index (χ0) is 25.1. The van der Waals surface area contributed by atoms with Crippen LogP contribution in [0.2, 0.25) is 0 Å². The number of carbonyl (C=O) groups is 2. The Labute approximate surface area is 218 Å². The van der Waals surface area contributed by atoms with Gasteiger partial charge in [0.05, 0.1) is 25.0 Å². The minimum absolute atomic E-state index is 0.0716. The molecule has 8 nitrogen and oxygen atoms in total. The first-order valence-electron chi connectivity index (χ1n) is 11.6. The highest BCUT2D eigenvalue weighted by Crippen LogP contribution is 2.33. The lowest BCUT2D eigenvalue weighted by Crippen LogP contribution is -2.51. The fourth-order valence-electron chi connectivity index (χ4n) is 4.44. The van der Waals surface area contributed by atoms with Gasteiger partial charge in [0.25, 0.3) is 0 Å². The van der Waals surface area contributed by atoms with Crippen molar-refractivity contribution < 1.29 is 14.3 Å². The van der Waals surface area contributed by atoms with Gasteiger partial charge in [0.1, 0.15) is 11.9 Å². The van der Waals surface area contributed by atoms with Crippen LogP contribution in [0.3, 0.4) is 0 Å². The number of H-pyrrole nitrogens is 1. The highest BCUT2D eigenvalue weighted by Gasteiger charge is 2.37. The van der Waals surface area contributed by atoms with Crippen molar-refractivity contribution in [3.8, 4) is 22.4 Å². The number of benzene rings is 2. The zero-order valence-electron chi connectivity index (χ0n) is 20.0. The molecule has 1 aliphatic rings. The fourth-order valence-corrected chi connectivity index (χ4v) is 5.29. The summed E-state index contributed by atoms with van der Waals surface area (Å²) in [4.78, 5) is 35.0. The van der Waals surface area contributed by atoms with Gasteiger partial charge in [0.2, 0.25) is 5.91 Å². The summed E-state index contributed by atoms with van der Waals surface area (Å²) >= 11 is 2.30. The van der Waals surface area contributed by atoms with E-state index in [-0.39, 0.29) is 17.9 Å². The van der Waals surface area contributed by atoms with Crippen molar-refractivity contribution in [1.82, 2.24) is 20.2 Å². The van der Waals surface area contributed by atoms with Gasteiger partial charge in [-0.3, -0.25) is 4.79 Å². The van der Waals surface area contributed by atoms with E-state index in [0.29, 0.717) is 6.54 Å². The summed E-state index contributed by atoms with van der Waals surface area (Å²) in [5, 5.41) is 2.68. The van der Waals surface area contributed by atoms with Crippen LogP contribution in [0, 0.1) is 9.49 Å². The van der Waals surface area contributed by atoms with E-state index in [0.717, 1.165) is 50.3 Å². The second-order valence-electron chi connectivity index (χ2n) is 9.05. The number of aromatic nitrogens is 2. The number of ether oxygens (including phenoxy) is 1. The Balaban J connectivity index is 1.52. The maximum atomic E-state index is 13.3. The largest absolute Gasteiger partial charge is 0.453 e. The van der Waals surface area contributed by atoms with E-state index in [2.05, 4.69) is 62.1 Å². The molecular weight excluding hydrogens is 557 g/mol. The first-order chi connectivity index (χ1) is 16.8. The number of aromatic amines is 1. The Morgan fingerprint density at radius 2 is 1.91 bits per heavy atom. The number of hydrogen-bond donors (Lipinski definition) is 3. The summed E-state index contributed by atoms with van der Waals surface area (Å²) in [6, 6.07) is 13.4. The van der Waals surface area contributed by atoms with Gasteiger partial charge in [-0.25, -0.2) is 9.78 Å². The van der Waals surface area contributed by atoms with E-state index in [1.807, 2.05) is 43.1 Å². The number of nitrogens with zero attached hydrogens (tertiary/aromatic N) is 2. The molecule has 0 bridgehead atoms. The lowest BCUT2D eigenvalue weighted by atomic mass is 10.0. The lowest BCUT2D eigenvalue weighted by molar-refractivity contribution is -0.135. The van der Waals surface area contributed by atoms with Crippen LogP contribution in [0.5, 0.6) is 0 Å². The number of imidazole rings is 1. The van der Waals surface area contributed by atoms with Crippen molar-refractivity contribution >= 4 is 40.3 Å². The van der Waals surface area contributed by atoms with E-state index in [1.54, 1.807) is 0 Å². The summed E-state index contributed by atoms with van der Waals surface area (Å²) in [5.74, 6) is 0.564. The maximum absolute atomic E-state index is 13.3. The van der Waals surface area contributed by atoms with Gasteiger partial charge < -0.3 is 25.7 Å². The number of halogens is 1. The van der Waals surface area contributed by atoms with E-state index < -0.39 is 12.1 Å². The van der Waals surface area contributed by atoms with Crippen LogP contribution >= 0.6 is 22.6 Å². The Bertz CT molecular complexity index is 1210. The summed E-state index contributed by atoms with van der Waals surface area (Å²) in [6.07, 6.45) is 2.90. The summed E-state index contributed by atoms with van der Waals surface area (Å²) < 4.78 is 5.81.